The molecule has 1 atom stereocenters. The van der Waals surface area contributed by atoms with E-state index in [1.54, 1.807) is 0 Å². The second-order valence-corrected chi connectivity index (χ2v) is 16.1. The summed E-state index contributed by atoms with van der Waals surface area (Å²) in [5, 5.41) is 0. The maximum atomic E-state index is 6.60. The van der Waals surface area contributed by atoms with Gasteiger partial charge in [0.05, 0.1) is 22.2 Å². The first kappa shape index (κ1) is 35.7. The molecule has 0 saturated carbocycles. The van der Waals surface area contributed by atoms with Gasteiger partial charge in [0.15, 0.2) is 0 Å². The van der Waals surface area contributed by atoms with E-state index < -0.39 is 10.8 Å². The quantitative estimate of drug-likeness (QED) is 0.129. The monoisotopic (exact) mass is 768 g/mol. The molecule has 0 heterocycles. The van der Waals surface area contributed by atoms with E-state index in [0.717, 1.165) is 17.1 Å². The van der Waals surface area contributed by atoms with Gasteiger partial charge in [-0.2, -0.15) is 0 Å². The number of nitrogens with two attached hydrogens (primary N) is 1. The van der Waals surface area contributed by atoms with Gasteiger partial charge in [0.2, 0.25) is 0 Å². The van der Waals surface area contributed by atoms with Crippen LogP contribution in [-0.2, 0) is 17.4 Å². The molecule has 8 aromatic carbocycles. The summed E-state index contributed by atoms with van der Waals surface area (Å²) in [5.41, 5.74) is 26.5. The Morgan fingerprint density at radius 3 is 1.75 bits per heavy atom. The Labute approximate surface area is 352 Å². The summed E-state index contributed by atoms with van der Waals surface area (Å²) in [6.45, 7) is 2.75. The van der Waals surface area contributed by atoms with E-state index in [9.17, 15) is 0 Å². The van der Waals surface area contributed by atoms with Crippen LogP contribution in [0.2, 0.25) is 0 Å². The third kappa shape index (κ3) is 5.14. The molecule has 2 spiro atoms. The van der Waals surface area contributed by atoms with Crippen LogP contribution < -0.4 is 10.6 Å². The Hall–Kier alpha value is -7.42. The molecule has 3 aliphatic rings. The summed E-state index contributed by atoms with van der Waals surface area (Å²) in [4.78, 5) is 2.31. The van der Waals surface area contributed by atoms with Crippen molar-refractivity contribution >= 4 is 22.6 Å². The van der Waals surface area contributed by atoms with Crippen molar-refractivity contribution in [1.29, 1.82) is 0 Å². The fourth-order valence-electron chi connectivity index (χ4n) is 10.7. The summed E-state index contributed by atoms with van der Waals surface area (Å²) in [6.07, 6.45) is 11.2. The minimum atomic E-state index is -0.555. The average molecular weight is 769 g/mol. The lowest BCUT2D eigenvalue weighted by Gasteiger charge is -2.48. The molecule has 0 amide bonds. The summed E-state index contributed by atoms with van der Waals surface area (Å²) >= 11 is 0. The van der Waals surface area contributed by atoms with E-state index in [1.807, 2.05) is 12.1 Å². The number of hydrogen-bond donors (Lipinski definition) is 1. The number of rotatable bonds is 7. The zero-order valence-electron chi connectivity index (χ0n) is 33.6. The van der Waals surface area contributed by atoms with Gasteiger partial charge in [-0.1, -0.05) is 200 Å². The van der Waals surface area contributed by atoms with Crippen molar-refractivity contribution in [3.63, 3.8) is 0 Å². The molecule has 0 fully saturated rings. The third-order valence-electron chi connectivity index (χ3n) is 13.1. The molecule has 0 bridgehead atoms. The van der Waals surface area contributed by atoms with Gasteiger partial charge < -0.3 is 10.6 Å². The van der Waals surface area contributed by atoms with E-state index in [0.29, 0.717) is 6.54 Å². The van der Waals surface area contributed by atoms with Gasteiger partial charge in [-0.25, -0.2) is 0 Å². The van der Waals surface area contributed by atoms with Crippen LogP contribution in [0, 0.1) is 0 Å². The third-order valence-corrected chi connectivity index (χ3v) is 13.1. The Kier molecular flexibility index (Phi) is 8.42. The van der Waals surface area contributed by atoms with Crippen LogP contribution in [0.3, 0.4) is 0 Å². The highest BCUT2D eigenvalue weighted by Gasteiger charge is 2.57. The molecule has 60 heavy (non-hydrogen) atoms. The number of fused-ring (bicyclic) bond motifs is 13. The first-order valence-electron chi connectivity index (χ1n) is 21.0. The van der Waals surface area contributed by atoms with Crippen LogP contribution in [0.25, 0.3) is 27.8 Å². The highest BCUT2D eigenvalue weighted by Crippen LogP contribution is 2.66. The highest BCUT2D eigenvalue weighted by atomic mass is 15.1. The van der Waals surface area contributed by atoms with Crippen LogP contribution in [0.1, 0.15) is 57.0 Å². The molecule has 2 N–H and O–H groups in total. The predicted molar refractivity (Wildman–Crippen MR) is 251 cm³/mol. The molecule has 0 aromatic heterocycles. The van der Waals surface area contributed by atoms with Crippen molar-refractivity contribution in [1.82, 2.24) is 0 Å². The van der Waals surface area contributed by atoms with Crippen LogP contribution in [-0.4, -0.2) is 0 Å². The van der Waals surface area contributed by atoms with E-state index in [4.69, 9.17) is 5.73 Å². The maximum Gasteiger partial charge on any atom is 0.0720 e. The standard InChI is InChI=1S/C58H44N2/c1-2-3-5-19-42-38-57(48-26-11-8-22-44(42)48)51-29-14-15-30-52(51)58(49-27-12-9-23-46(49)47-24-10-13-28-50(47)58)53-31-18-25-45(56(53)57)41-36-34-40(35-37-41)39-60(43-20-6-4-7-21-43)55-33-17-16-32-54(55)59/h2-38H,39,59H2,1H3/b3-2-,19-5-. The Morgan fingerprint density at radius 1 is 0.483 bits per heavy atom. The smallest absolute Gasteiger partial charge is 0.0720 e. The Bertz CT molecular complexity index is 2990. The van der Waals surface area contributed by atoms with Gasteiger partial charge >= 0.3 is 0 Å². The zero-order valence-corrected chi connectivity index (χ0v) is 33.6. The first-order valence-corrected chi connectivity index (χ1v) is 21.0. The molecule has 8 aromatic rings. The first-order chi connectivity index (χ1) is 29.6. The van der Waals surface area contributed by atoms with E-state index in [-0.39, 0.29) is 0 Å². The lowest BCUT2D eigenvalue weighted by molar-refractivity contribution is 0.644. The molecular formula is C58H44N2. The van der Waals surface area contributed by atoms with Gasteiger partial charge in [0.1, 0.15) is 0 Å². The largest absolute Gasteiger partial charge is 0.397 e. The van der Waals surface area contributed by atoms with E-state index in [2.05, 4.69) is 224 Å². The molecule has 0 radical (unpaired) electrons. The van der Waals surface area contributed by atoms with Crippen LogP contribution in [0.15, 0.2) is 225 Å². The molecule has 11 rings (SSSR count). The Balaban J connectivity index is 1.17. The van der Waals surface area contributed by atoms with Crippen molar-refractivity contribution in [3.8, 4) is 22.3 Å². The maximum absolute atomic E-state index is 6.60. The molecule has 286 valence electrons. The number of allylic oxidation sites excluding steroid dienone is 6. The van der Waals surface area contributed by atoms with Crippen molar-refractivity contribution in [2.75, 3.05) is 10.6 Å². The van der Waals surface area contributed by atoms with Crippen LogP contribution in [0.4, 0.5) is 17.1 Å². The predicted octanol–water partition coefficient (Wildman–Crippen LogP) is 13.8. The Morgan fingerprint density at radius 2 is 1.05 bits per heavy atom. The molecule has 2 heteroatoms. The normalized spacial score (nSPS) is 16.4. The molecule has 0 saturated heterocycles. The van der Waals surface area contributed by atoms with Crippen molar-refractivity contribution in [2.24, 2.45) is 0 Å². The molecule has 3 aliphatic carbocycles. The molecule has 2 nitrogen and oxygen atoms in total. The number of hydrogen-bond acceptors (Lipinski definition) is 2. The van der Waals surface area contributed by atoms with Gasteiger partial charge in [0, 0.05) is 12.2 Å². The second-order valence-electron chi connectivity index (χ2n) is 16.1. The summed E-state index contributed by atoms with van der Waals surface area (Å²) in [5.74, 6) is 0. The number of benzene rings is 8. The van der Waals surface area contributed by atoms with Crippen molar-refractivity contribution < 1.29 is 0 Å². The molecular weight excluding hydrogens is 725 g/mol. The zero-order chi connectivity index (χ0) is 40.3. The lowest BCUT2D eigenvalue weighted by Crippen LogP contribution is -2.43. The number of para-hydroxylation sites is 3. The van der Waals surface area contributed by atoms with Gasteiger partial charge in [0.25, 0.3) is 0 Å². The van der Waals surface area contributed by atoms with E-state index >= 15 is 0 Å². The fraction of sp³-hybridized carbons (Fsp3) is 0.0690. The minimum Gasteiger partial charge on any atom is -0.397 e. The van der Waals surface area contributed by atoms with Crippen molar-refractivity contribution in [3.05, 3.63) is 275 Å². The van der Waals surface area contributed by atoms with E-state index in [1.165, 1.54) is 77.9 Å². The number of anilines is 3. The van der Waals surface area contributed by atoms with Gasteiger partial charge in [-0.15, -0.1) is 0 Å². The highest BCUT2D eigenvalue weighted by molar-refractivity contribution is 5.95. The lowest BCUT2D eigenvalue weighted by atomic mass is 9.52. The summed E-state index contributed by atoms with van der Waals surface area (Å²) < 4.78 is 0. The SMILES string of the molecule is C/C=C\C=C/C1=CC2(c3ccccc31)c1ccccc1C1(c3ccccc3-c3ccccc31)c1cccc(-c3ccc(CN(c4ccccc4)c4ccccc4N)cc3)c12. The fourth-order valence-corrected chi connectivity index (χ4v) is 10.7. The average Bonchev–Trinajstić information content (AvgIpc) is 3.79. The van der Waals surface area contributed by atoms with Crippen LogP contribution in [0.5, 0.6) is 0 Å². The summed E-state index contributed by atoms with van der Waals surface area (Å²) in [6, 6.07) is 71.6. The number of nitrogen functional groups attached to an aromatic ring is 1. The molecule has 0 aliphatic heterocycles. The summed E-state index contributed by atoms with van der Waals surface area (Å²) in [7, 11) is 0. The second kappa shape index (κ2) is 14.1. The van der Waals surface area contributed by atoms with Gasteiger partial charge in [-0.3, -0.25) is 0 Å². The van der Waals surface area contributed by atoms with Gasteiger partial charge in [-0.05, 0) is 109 Å². The van der Waals surface area contributed by atoms with Crippen LogP contribution >= 0.6 is 0 Å². The number of nitrogens with zero attached hydrogens (tertiary/aromatic N) is 1. The topological polar surface area (TPSA) is 29.3 Å². The molecule has 1 unspecified atom stereocenters. The minimum absolute atomic E-state index is 0.515. The van der Waals surface area contributed by atoms with Crippen molar-refractivity contribution in [2.45, 2.75) is 24.3 Å².